The van der Waals surface area contributed by atoms with Crippen molar-refractivity contribution in [3.05, 3.63) is 72.2 Å². The van der Waals surface area contributed by atoms with Crippen molar-refractivity contribution in [2.75, 3.05) is 6.54 Å². The predicted octanol–water partition coefficient (Wildman–Crippen LogP) is 3.05. The van der Waals surface area contributed by atoms with E-state index in [4.69, 9.17) is 0 Å². The third-order valence-electron chi connectivity index (χ3n) is 3.70. The van der Waals surface area contributed by atoms with E-state index < -0.39 is 0 Å². The Morgan fingerprint density at radius 3 is 2.41 bits per heavy atom. The maximum atomic E-state index is 12.9. The van der Waals surface area contributed by atoms with Gasteiger partial charge in [0.1, 0.15) is 12.5 Å². The summed E-state index contributed by atoms with van der Waals surface area (Å²) in [5.41, 5.74) is 3.32. The van der Waals surface area contributed by atoms with E-state index in [9.17, 15) is 4.39 Å². The molecule has 4 nitrogen and oxygen atoms in total. The summed E-state index contributed by atoms with van der Waals surface area (Å²) in [6.07, 6.45) is 4.08. The SMILES string of the molecule is Cc1cc(C)n(CCN2[CH]N(Cc3ccc(F)cc3)C=C2)n1. The van der Waals surface area contributed by atoms with Crippen molar-refractivity contribution in [1.82, 2.24) is 19.6 Å². The number of rotatable bonds is 5. The van der Waals surface area contributed by atoms with Gasteiger partial charge >= 0.3 is 0 Å². The highest BCUT2D eigenvalue weighted by molar-refractivity contribution is 5.17. The molecule has 5 heteroatoms. The molecule has 115 valence electrons. The summed E-state index contributed by atoms with van der Waals surface area (Å²) in [6, 6.07) is 8.71. The first kappa shape index (κ1) is 14.6. The van der Waals surface area contributed by atoms with E-state index in [-0.39, 0.29) is 5.82 Å². The Balaban J connectivity index is 1.49. The van der Waals surface area contributed by atoms with Crippen LogP contribution >= 0.6 is 0 Å². The van der Waals surface area contributed by atoms with E-state index in [1.165, 1.54) is 17.8 Å². The van der Waals surface area contributed by atoms with Gasteiger partial charge in [-0.25, -0.2) is 4.39 Å². The van der Waals surface area contributed by atoms with Crippen molar-refractivity contribution in [1.29, 1.82) is 0 Å². The molecule has 3 rings (SSSR count). The number of aryl methyl sites for hydroxylation is 2. The van der Waals surface area contributed by atoms with Gasteiger partial charge in [0, 0.05) is 31.2 Å². The van der Waals surface area contributed by atoms with Crippen LogP contribution in [0.15, 0.2) is 42.7 Å². The Kier molecular flexibility index (Phi) is 4.13. The Bertz CT molecular complexity index is 660. The van der Waals surface area contributed by atoms with E-state index in [1.807, 2.05) is 29.9 Å². The molecule has 0 N–H and O–H groups in total. The van der Waals surface area contributed by atoms with E-state index in [0.29, 0.717) is 0 Å². The lowest BCUT2D eigenvalue weighted by molar-refractivity contribution is 0.323. The van der Waals surface area contributed by atoms with Crippen LogP contribution in [-0.2, 0) is 13.1 Å². The van der Waals surface area contributed by atoms with Gasteiger partial charge in [-0.05, 0) is 37.6 Å². The molecule has 0 spiro atoms. The third kappa shape index (κ3) is 3.47. The Morgan fingerprint density at radius 2 is 1.73 bits per heavy atom. The van der Waals surface area contributed by atoms with Gasteiger partial charge < -0.3 is 9.80 Å². The molecule has 0 saturated carbocycles. The fourth-order valence-electron chi connectivity index (χ4n) is 2.58. The Hall–Kier alpha value is -2.30. The van der Waals surface area contributed by atoms with Crippen LogP contribution in [0.3, 0.4) is 0 Å². The van der Waals surface area contributed by atoms with Gasteiger partial charge in [0.25, 0.3) is 0 Å². The summed E-state index contributed by atoms with van der Waals surface area (Å²) in [7, 11) is 0. The summed E-state index contributed by atoms with van der Waals surface area (Å²) in [5, 5.41) is 4.47. The van der Waals surface area contributed by atoms with Crippen molar-refractivity contribution in [2.45, 2.75) is 26.9 Å². The van der Waals surface area contributed by atoms with Gasteiger partial charge in [-0.2, -0.15) is 5.10 Å². The molecule has 1 aliphatic rings. The largest absolute Gasteiger partial charge is 0.351 e. The molecule has 1 radical (unpaired) electrons. The van der Waals surface area contributed by atoms with Crippen LogP contribution in [0.4, 0.5) is 4.39 Å². The van der Waals surface area contributed by atoms with E-state index >= 15 is 0 Å². The topological polar surface area (TPSA) is 24.3 Å². The molecule has 0 amide bonds. The first-order chi connectivity index (χ1) is 10.6. The molecular weight excluding hydrogens is 279 g/mol. The number of halogens is 1. The van der Waals surface area contributed by atoms with Gasteiger partial charge in [-0.3, -0.25) is 4.68 Å². The summed E-state index contributed by atoms with van der Waals surface area (Å²) in [4.78, 5) is 4.23. The highest BCUT2D eigenvalue weighted by Gasteiger charge is 2.14. The summed E-state index contributed by atoms with van der Waals surface area (Å²) in [5.74, 6) is -0.198. The second-order valence-electron chi connectivity index (χ2n) is 5.60. The quantitative estimate of drug-likeness (QED) is 0.848. The predicted molar refractivity (Wildman–Crippen MR) is 83.8 cm³/mol. The van der Waals surface area contributed by atoms with Crippen molar-refractivity contribution in [3.63, 3.8) is 0 Å². The molecule has 22 heavy (non-hydrogen) atoms. The lowest BCUT2D eigenvalue weighted by atomic mass is 10.2. The Labute approximate surface area is 130 Å². The molecule has 1 aliphatic heterocycles. The van der Waals surface area contributed by atoms with Crippen molar-refractivity contribution in [3.8, 4) is 0 Å². The lowest BCUT2D eigenvalue weighted by Crippen LogP contribution is -2.23. The highest BCUT2D eigenvalue weighted by Crippen LogP contribution is 2.16. The first-order valence-corrected chi connectivity index (χ1v) is 7.40. The number of hydrogen-bond acceptors (Lipinski definition) is 3. The zero-order chi connectivity index (χ0) is 15.5. The smallest absolute Gasteiger partial charge is 0.141 e. The second-order valence-corrected chi connectivity index (χ2v) is 5.60. The average Bonchev–Trinajstić information content (AvgIpc) is 3.05. The maximum Gasteiger partial charge on any atom is 0.141 e. The van der Waals surface area contributed by atoms with Crippen LogP contribution < -0.4 is 0 Å². The van der Waals surface area contributed by atoms with Gasteiger partial charge in [-0.15, -0.1) is 0 Å². The number of aromatic nitrogens is 2. The van der Waals surface area contributed by atoms with Crippen LogP contribution in [0, 0.1) is 26.3 Å². The van der Waals surface area contributed by atoms with Gasteiger partial charge in [-0.1, -0.05) is 12.1 Å². The van der Waals surface area contributed by atoms with E-state index in [1.54, 1.807) is 0 Å². The third-order valence-corrected chi connectivity index (χ3v) is 3.70. The minimum atomic E-state index is -0.198. The van der Waals surface area contributed by atoms with Crippen LogP contribution in [-0.4, -0.2) is 26.1 Å². The molecule has 1 aromatic carbocycles. The summed E-state index contributed by atoms with van der Waals surface area (Å²) in [6.45, 7) is 8.62. The monoisotopic (exact) mass is 299 g/mol. The highest BCUT2D eigenvalue weighted by atomic mass is 19.1. The standard InChI is InChI=1S/C17H20FN4/c1-14-11-15(2)22(19-14)10-9-20-7-8-21(13-20)12-16-3-5-17(18)6-4-16/h3-8,11,13H,9-10,12H2,1-2H3. The zero-order valence-electron chi connectivity index (χ0n) is 12.9. The number of nitrogens with zero attached hydrogens (tertiary/aromatic N) is 4. The molecule has 0 unspecified atom stereocenters. The molecular formula is C17H20FN4. The molecule has 2 aromatic rings. The zero-order valence-corrected chi connectivity index (χ0v) is 12.9. The molecule has 0 aliphatic carbocycles. The van der Waals surface area contributed by atoms with E-state index in [2.05, 4.69) is 40.8 Å². The minimum absolute atomic E-state index is 0.198. The molecule has 0 atom stereocenters. The first-order valence-electron chi connectivity index (χ1n) is 7.40. The fraction of sp³-hybridized carbons (Fsp3) is 0.294. The van der Waals surface area contributed by atoms with Crippen LogP contribution in [0.2, 0.25) is 0 Å². The minimum Gasteiger partial charge on any atom is -0.351 e. The fourth-order valence-corrected chi connectivity index (χ4v) is 2.58. The maximum absolute atomic E-state index is 12.9. The molecule has 0 bridgehead atoms. The molecule has 2 heterocycles. The number of hydrogen-bond donors (Lipinski definition) is 0. The number of benzene rings is 1. The lowest BCUT2D eigenvalue weighted by Gasteiger charge is -2.20. The van der Waals surface area contributed by atoms with Crippen LogP contribution in [0.1, 0.15) is 17.0 Å². The van der Waals surface area contributed by atoms with Crippen molar-refractivity contribution < 1.29 is 4.39 Å². The van der Waals surface area contributed by atoms with Crippen LogP contribution in [0.5, 0.6) is 0 Å². The van der Waals surface area contributed by atoms with Gasteiger partial charge in [0.2, 0.25) is 0 Å². The van der Waals surface area contributed by atoms with Crippen LogP contribution in [0.25, 0.3) is 0 Å². The van der Waals surface area contributed by atoms with Crippen molar-refractivity contribution in [2.24, 2.45) is 0 Å². The summed E-state index contributed by atoms with van der Waals surface area (Å²) < 4.78 is 14.9. The van der Waals surface area contributed by atoms with Gasteiger partial charge in [0.15, 0.2) is 0 Å². The normalized spacial score (nSPS) is 14.1. The van der Waals surface area contributed by atoms with Crippen molar-refractivity contribution >= 4 is 0 Å². The molecule has 1 aromatic heterocycles. The average molecular weight is 299 g/mol. The Morgan fingerprint density at radius 1 is 1.00 bits per heavy atom. The summed E-state index contributed by atoms with van der Waals surface area (Å²) >= 11 is 0. The van der Waals surface area contributed by atoms with E-state index in [0.717, 1.165) is 30.9 Å². The molecule has 0 fully saturated rings. The van der Waals surface area contributed by atoms with Gasteiger partial charge in [0.05, 0.1) is 12.2 Å². The second kappa shape index (κ2) is 6.22. The molecule has 0 saturated heterocycles.